The van der Waals surface area contributed by atoms with Gasteiger partial charge in [-0.15, -0.1) is 11.3 Å². The first-order valence-corrected chi connectivity index (χ1v) is 11.4. The zero-order valence-electron chi connectivity index (χ0n) is 19.4. The molecule has 0 saturated carbocycles. The van der Waals surface area contributed by atoms with Crippen molar-refractivity contribution in [2.45, 2.75) is 40.3 Å². The molecule has 2 heterocycles. The lowest BCUT2D eigenvalue weighted by molar-refractivity contribution is -0.117. The summed E-state index contributed by atoms with van der Waals surface area (Å²) in [5.41, 5.74) is -0.419. The summed E-state index contributed by atoms with van der Waals surface area (Å²) in [6, 6.07) is 7.24. The lowest BCUT2D eigenvalue weighted by Crippen LogP contribution is -2.35. The first-order valence-electron chi connectivity index (χ1n) is 10.6. The zero-order valence-corrected chi connectivity index (χ0v) is 20.2. The van der Waals surface area contributed by atoms with Crippen LogP contribution in [0.5, 0.6) is 0 Å². The molecule has 0 aliphatic heterocycles. The third-order valence-electron chi connectivity index (χ3n) is 4.76. The highest BCUT2D eigenvalue weighted by Gasteiger charge is 2.14. The number of hydrogen-bond acceptors (Lipinski definition) is 8. The molecule has 0 unspecified atom stereocenters. The Morgan fingerprint density at radius 3 is 2.61 bits per heavy atom. The van der Waals surface area contributed by atoms with Crippen LogP contribution in [0.4, 0.5) is 11.6 Å². The van der Waals surface area contributed by atoms with E-state index in [2.05, 4.69) is 20.9 Å². The predicted molar refractivity (Wildman–Crippen MR) is 130 cm³/mol. The van der Waals surface area contributed by atoms with Crippen LogP contribution in [-0.4, -0.2) is 52.4 Å². The third-order valence-corrected chi connectivity index (χ3v) is 5.89. The summed E-state index contributed by atoms with van der Waals surface area (Å²) in [4.78, 5) is 43.5. The van der Waals surface area contributed by atoms with Crippen LogP contribution >= 0.6 is 11.3 Å². The van der Waals surface area contributed by atoms with Gasteiger partial charge in [-0.25, -0.2) is 4.98 Å². The Bertz CT molecular complexity index is 1220. The Hall–Kier alpha value is -3.49. The van der Waals surface area contributed by atoms with Gasteiger partial charge in [0, 0.05) is 25.3 Å². The Kier molecular flexibility index (Phi) is 9.32. The number of carbonyl (C=O) groups excluding carboxylic acids is 2. The molecule has 2 amide bonds. The fourth-order valence-corrected chi connectivity index (χ4v) is 3.84. The molecule has 0 radical (unpaired) electrons. The van der Waals surface area contributed by atoms with E-state index >= 15 is 0 Å². The summed E-state index contributed by atoms with van der Waals surface area (Å²) < 4.78 is 2.01. The van der Waals surface area contributed by atoms with Crippen molar-refractivity contribution < 1.29 is 9.59 Å². The van der Waals surface area contributed by atoms with Gasteiger partial charge in [0.15, 0.2) is 5.57 Å². The molecule has 0 spiro atoms. The second kappa shape index (κ2) is 11.9. The minimum absolute atomic E-state index is 0.102. The lowest BCUT2D eigenvalue weighted by Gasteiger charge is -2.20. The van der Waals surface area contributed by atoms with Crippen LogP contribution in [0.15, 0.2) is 23.0 Å². The van der Waals surface area contributed by atoms with Gasteiger partial charge >= 0.3 is 0 Å². The van der Waals surface area contributed by atoms with E-state index in [4.69, 9.17) is 0 Å². The molecule has 11 heteroatoms. The van der Waals surface area contributed by atoms with E-state index in [0.29, 0.717) is 33.9 Å². The maximum absolute atomic E-state index is 12.8. The average molecular weight is 472 g/mol. The Balaban J connectivity index is 2.32. The number of hydrogen-bond donors (Lipinski definition) is 3. The van der Waals surface area contributed by atoms with Crippen molar-refractivity contribution in [2.24, 2.45) is 0 Å². The van der Waals surface area contributed by atoms with Crippen LogP contribution in [0.1, 0.15) is 27.7 Å². The molecule has 0 fully saturated rings. The van der Waals surface area contributed by atoms with Gasteiger partial charge < -0.3 is 16.0 Å². The minimum Gasteiger partial charge on any atom is -0.352 e. The molecule has 3 N–H and O–H groups in total. The van der Waals surface area contributed by atoms with Crippen LogP contribution in [0.2, 0.25) is 0 Å². The zero-order chi connectivity index (χ0) is 24.5. The molecular formula is C22H29N7O3S. The van der Waals surface area contributed by atoms with Crippen LogP contribution in [0.3, 0.4) is 0 Å². The number of nitrogens with zero attached hydrogens (tertiary/aromatic N) is 4. The normalized spacial score (nSPS) is 12.5. The summed E-state index contributed by atoms with van der Waals surface area (Å²) in [7, 11) is 1.87. The number of thiazole rings is 1. The molecule has 0 aromatic carbocycles. The summed E-state index contributed by atoms with van der Waals surface area (Å²) in [5.74, 6) is 0.107. The van der Waals surface area contributed by atoms with Crippen molar-refractivity contribution in [1.82, 2.24) is 19.8 Å². The van der Waals surface area contributed by atoms with Crippen molar-refractivity contribution >= 4 is 46.6 Å². The van der Waals surface area contributed by atoms with E-state index < -0.39 is 5.91 Å². The average Bonchev–Trinajstić information content (AvgIpc) is 3.08. The molecule has 2 rings (SSSR count). The summed E-state index contributed by atoms with van der Waals surface area (Å²) in [6.07, 6.45) is 1.48. The number of nitriles is 1. The fraction of sp³-hybridized carbons (Fsp3) is 0.409. The monoisotopic (exact) mass is 471 g/mol. The quantitative estimate of drug-likeness (QED) is 0.478. The molecule has 33 heavy (non-hydrogen) atoms. The molecule has 0 aliphatic carbocycles. The maximum Gasteiger partial charge on any atom is 0.270 e. The van der Waals surface area contributed by atoms with Crippen molar-refractivity contribution in [3.05, 3.63) is 37.7 Å². The van der Waals surface area contributed by atoms with E-state index in [1.54, 1.807) is 32.0 Å². The van der Waals surface area contributed by atoms with E-state index in [1.165, 1.54) is 10.8 Å². The van der Waals surface area contributed by atoms with Gasteiger partial charge in [-0.3, -0.25) is 23.9 Å². The Morgan fingerprint density at radius 1 is 1.30 bits per heavy atom. The highest BCUT2D eigenvalue weighted by Crippen LogP contribution is 2.09. The van der Waals surface area contributed by atoms with Crippen molar-refractivity contribution in [2.75, 3.05) is 30.8 Å². The molecule has 0 aliphatic rings. The topological polar surface area (TPSA) is 132 Å². The van der Waals surface area contributed by atoms with E-state index in [-0.39, 0.29) is 29.6 Å². The van der Waals surface area contributed by atoms with Gasteiger partial charge in [0.05, 0.1) is 6.54 Å². The molecule has 176 valence electrons. The molecule has 10 nitrogen and oxygen atoms in total. The highest BCUT2D eigenvalue weighted by atomic mass is 32.1. The number of amides is 2. The molecule has 0 bridgehead atoms. The van der Waals surface area contributed by atoms with Gasteiger partial charge in [-0.05, 0) is 46.9 Å². The van der Waals surface area contributed by atoms with Gasteiger partial charge in [-0.2, -0.15) is 5.26 Å². The third kappa shape index (κ3) is 6.74. The number of rotatable bonds is 9. The first kappa shape index (κ1) is 25.8. The first-order chi connectivity index (χ1) is 15.7. The van der Waals surface area contributed by atoms with Crippen molar-refractivity contribution in [3.8, 4) is 6.07 Å². The molecule has 2 aromatic heterocycles. The number of likely N-dealkylation sites (N-methyl/N-ethyl adjacent to an activating group) is 1. The summed E-state index contributed by atoms with van der Waals surface area (Å²) in [5, 5.41) is 17.8. The Labute approximate surface area is 196 Å². The number of carbonyl (C=O) groups is 2. The van der Waals surface area contributed by atoms with Crippen LogP contribution in [-0.2, 0) is 16.1 Å². The summed E-state index contributed by atoms with van der Waals surface area (Å²) in [6.45, 7) is 8.45. The molecule has 2 aromatic rings. The molecule has 0 atom stereocenters. The standard InChI is InChI=1S/C22H29N7O3S/c1-6-24-20(31)15(11-23)22-29(7-2)21(32)16(33-22)12-25-17-9-8-10-18(26-17)27-19(30)13-28(5)14(3)4/h8-10,12,14H,6-7,13H2,1-5H3,(H,24,31)(H2,25,26,27,30)/b16-12+,22-15-. The SMILES string of the molecule is CCNC(=O)/C(C#N)=c1\s/c(=C/Nc2cccc(NC(=O)CN(C)C(C)C)n2)c(=O)n1CC. The molecule has 0 saturated heterocycles. The van der Waals surface area contributed by atoms with Crippen LogP contribution in [0.25, 0.3) is 11.8 Å². The molecular weight excluding hydrogens is 442 g/mol. The number of aromatic nitrogens is 2. The van der Waals surface area contributed by atoms with E-state index in [1.807, 2.05) is 31.9 Å². The number of pyridine rings is 1. The van der Waals surface area contributed by atoms with Crippen molar-refractivity contribution in [3.63, 3.8) is 0 Å². The fourth-order valence-electron chi connectivity index (χ4n) is 2.75. The van der Waals surface area contributed by atoms with E-state index in [9.17, 15) is 19.6 Å². The second-order valence-electron chi connectivity index (χ2n) is 7.42. The second-order valence-corrected chi connectivity index (χ2v) is 8.45. The van der Waals surface area contributed by atoms with Gasteiger partial charge in [0.25, 0.3) is 11.5 Å². The maximum atomic E-state index is 12.8. The number of anilines is 2. The minimum atomic E-state index is -0.517. The van der Waals surface area contributed by atoms with Crippen molar-refractivity contribution in [1.29, 1.82) is 5.26 Å². The Morgan fingerprint density at radius 2 is 2.00 bits per heavy atom. The number of nitrogens with one attached hydrogen (secondary N) is 3. The summed E-state index contributed by atoms with van der Waals surface area (Å²) >= 11 is 1.05. The van der Waals surface area contributed by atoms with Crippen LogP contribution in [0, 0.1) is 11.3 Å². The lowest BCUT2D eigenvalue weighted by atomic mass is 10.3. The highest BCUT2D eigenvalue weighted by molar-refractivity contribution is 7.07. The van der Waals surface area contributed by atoms with Gasteiger partial charge in [-0.1, -0.05) is 6.07 Å². The van der Waals surface area contributed by atoms with E-state index in [0.717, 1.165) is 11.3 Å². The van der Waals surface area contributed by atoms with Gasteiger partial charge in [0.1, 0.15) is 26.9 Å². The van der Waals surface area contributed by atoms with Gasteiger partial charge in [0.2, 0.25) is 5.91 Å². The van der Waals surface area contributed by atoms with Crippen LogP contribution < -0.4 is 30.7 Å². The largest absolute Gasteiger partial charge is 0.352 e. The predicted octanol–water partition coefficient (Wildman–Crippen LogP) is 0.264. The smallest absolute Gasteiger partial charge is 0.270 e.